The van der Waals surface area contributed by atoms with E-state index in [0.29, 0.717) is 0 Å². The van der Waals surface area contributed by atoms with Crippen LogP contribution < -0.4 is 11.3 Å². The molecule has 0 aliphatic rings. The van der Waals surface area contributed by atoms with Crippen LogP contribution in [0.5, 0.6) is 0 Å². The third-order valence-electron chi connectivity index (χ3n) is 2.23. The van der Waals surface area contributed by atoms with Crippen LogP contribution in [-0.2, 0) is 6.42 Å². The van der Waals surface area contributed by atoms with Crippen molar-refractivity contribution in [3.8, 4) is 0 Å². The molecule has 1 atom stereocenters. The maximum atomic E-state index is 5.50. The van der Waals surface area contributed by atoms with Crippen molar-refractivity contribution in [3.63, 3.8) is 0 Å². The molecule has 0 saturated heterocycles. The molecule has 0 amide bonds. The molecule has 1 unspecified atom stereocenters. The summed E-state index contributed by atoms with van der Waals surface area (Å²) in [6.45, 7) is 7.94. The first-order valence-corrected chi connectivity index (χ1v) is 4.85. The Morgan fingerprint density at radius 3 is 2.93 bits per heavy atom. The number of nitrogens with one attached hydrogen (secondary N) is 1. The lowest BCUT2D eigenvalue weighted by Gasteiger charge is -2.15. The van der Waals surface area contributed by atoms with Gasteiger partial charge in [0.15, 0.2) is 0 Å². The molecule has 78 valence electrons. The van der Waals surface area contributed by atoms with Crippen LogP contribution in [0.25, 0.3) is 0 Å². The molecular formula is C11H18N2O. The Balaban J connectivity index is 2.82. The predicted molar refractivity (Wildman–Crippen MR) is 57.6 cm³/mol. The van der Waals surface area contributed by atoms with E-state index in [1.165, 1.54) is 0 Å². The summed E-state index contributed by atoms with van der Waals surface area (Å²) in [6.07, 6.45) is 3.43. The zero-order valence-electron chi connectivity index (χ0n) is 8.84. The lowest BCUT2D eigenvalue weighted by atomic mass is 10.0. The maximum Gasteiger partial charge on any atom is 0.108 e. The number of rotatable bonds is 5. The van der Waals surface area contributed by atoms with Gasteiger partial charge in [0.1, 0.15) is 5.76 Å². The van der Waals surface area contributed by atoms with Crippen molar-refractivity contribution in [2.45, 2.75) is 32.7 Å². The molecule has 0 radical (unpaired) electrons. The van der Waals surface area contributed by atoms with Crippen molar-refractivity contribution in [2.24, 2.45) is 5.84 Å². The molecule has 14 heavy (non-hydrogen) atoms. The summed E-state index contributed by atoms with van der Waals surface area (Å²) in [7, 11) is 0. The zero-order chi connectivity index (χ0) is 10.6. The van der Waals surface area contributed by atoms with Gasteiger partial charge in [0, 0.05) is 12.0 Å². The van der Waals surface area contributed by atoms with E-state index < -0.39 is 0 Å². The minimum Gasteiger partial charge on any atom is -0.469 e. The molecule has 0 aromatic carbocycles. The zero-order valence-corrected chi connectivity index (χ0v) is 8.84. The van der Waals surface area contributed by atoms with Crippen LogP contribution in [0.1, 0.15) is 37.6 Å². The Labute approximate surface area is 85.0 Å². The van der Waals surface area contributed by atoms with Crippen molar-refractivity contribution >= 4 is 0 Å². The van der Waals surface area contributed by atoms with Crippen LogP contribution in [0.3, 0.4) is 0 Å². The maximum absolute atomic E-state index is 5.50. The quantitative estimate of drug-likeness (QED) is 0.429. The van der Waals surface area contributed by atoms with Gasteiger partial charge < -0.3 is 4.42 Å². The Bertz CT molecular complexity index is 304. The average molecular weight is 194 g/mol. The Morgan fingerprint density at radius 1 is 1.71 bits per heavy atom. The number of hydrogen-bond acceptors (Lipinski definition) is 3. The molecule has 1 aromatic heterocycles. The lowest BCUT2D eigenvalue weighted by molar-refractivity contribution is 0.487. The summed E-state index contributed by atoms with van der Waals surface area (Å²) in [6, 6.07) is 2.08. The van der Waals surface area contributed by atoms with E-state index in [2.05, 4.69) is 18.9 Å². The van der Waals surface area contributed by atoms with E-state index in [4.69, 9.17) is 10.3 Å². The molecule has 0 spiro atoms. The van der Waals surface area contributed by atoms with Gasteiger partial charge in [-0.2, -0.15) is 0 Å². The van der Waals surface area contributed by atoms with Crippen LogP contribution in [0.2, 0.25) is 0 Å². The molecule has 0 fully saturated rings. The molecule has 0 aliphatic heterocycles. The van der Waals surface area contributed by atoms with Crippen LogP contribution in [0.4, 0.5) is 0 Å². The molecule has 0 aliphatic carbocycles. The van der Waals surface area contributed by atoms with E-state index in [-0.39, 0.29) is 6.04 Å². The summed E-state index contributed by atoms with van der Waals surface area (Å²) in [5.74, 6) is 6.50. The number of furan rings is 1. The molecule has 0 bridgehead atoms. The summed E-state index contributed by atoms with van der Waals surface area (Å²) in [5.41, 5.74) is 5.03. The Morgan fingerprint density at radius 2 is 2.43 bits per heavy atom. The van der Waals surface area contributed by atoms with E-state index >= 15 is 0 Å². The summed E-state index contributed by atoms with van der Waals surface area (Å²) < 4.78 is 5.35. The second-order valence-corrected chi connectivity index (χ2v) is 3.53. The predicted octanol–water partition coefficient (Wildman–Crippen LogP) is 2.31. The highest BCUT2D eigenvalue weighted by Crippen LogP contribution is 2.24. The topological polar surface area (TPSA) is 51.2 Å². The van der Waals surface area contributed by atoms with Gasteiger partial charge in [0.2, 0.25) is 0 Å². The minimum atomic E-state index is 0.112. The van der Waals surface area contributed by atoms with Gasteiger partial charge in [0.05, 0.1) is 12.3 Å². The van der Waals surface area contributed by atoms with Crippen molar-refractivity contribution in [1.29, 1.82) is 0 Å². The first kappa shape index (κ1) is 11.0. The average Bonchev–Trinajstić information content (AvgIpc) is 2.61. The van der Waals surface area contributed by atoms with Crippen molar-refractivity contribution < 1.29 is 4.42 Å². The standard InChI is InChI=1S/C11H18N2O/c1-4-11-9(5-6-14-11)10(13-12)7-8(2)3/h5-6,10,13H,2,4,7,12H2,1,3H3. The molecule has 0 saturated carbocycles. The van der Waals surface area contributed by atoms with E-state index in [0.717, 1.165) is 29.7 Å². The van der Waals surface area contributed by atoms with Crippen LogP contribution in [0, 0.1) is 0 Å². The highest BCUT2D eigenvalue weighted by molar-refractivity contribution is 5.22. The monoisotopic (exact) mass is 194 g/mol. The number of nitrogens with two attached hydrogens (primary N) is 1. The van der Waals surface area contributed by atoms with Gasteiger partial charge in [0.25, 0.3) is 0 Å². The molecule has 1 heterocycles. The first-order valence-electron chi connectivity index (χ1n) is 4.85. The molecule has 3 nitrogen and oxygen atoms in total. The second-order valence-electron chi connectivity index (χ2n) is 3.53. The Kier molecular flexibility index (Phi) is 3.92. The largest absolute Gasteiger partial charge is 0.469 e. The molecule has 3 heteroatoms. The van der Waals surface area contributed by atoms with Crippen molar-refractivity contribution in [3.05, 3.63) is 35.8 Å². The summed E-state index contributed by atoms with van der Waals surface area (Å²) in [4.78, 5) is 0. The third-order valence-corrected chi connectivity index (χ3v) is 2.23. The van der Waals surface area contributed by atoms with Gasteiger partial charge in [-0.15, -0.1) is 6.58 Å². The first-order chi connectivity index (χ1) is 6.69. The highest BCUT2D eigenvalue weighted by atomic mass is 16.3. The van der Waals surface area contributed by atoms with Gasteiger partial charge in [-0.05, 0) is 19.4 Å². The van der Waals surface area contributed by atoms with Crippen LogP contribution in [0.15, 0.2) is 28.9 Å². The van der Waals surface area contributed by atoms with Gasteiger partial charge in [-0.3, -0.25) is 11.3 Å². The number of hydrogen-bond donors (Lipinski definition) is 2. The highest BCUT2D eigenvalue weighted by Gasteiger charge is 2.15. The summed E-state index contributed by atoms with van der Waals surface area (Å²) in [5, 5.41) is 0. The van der Waals surface area contributed by atoms with Gasteiger partial charge in [-0.25, -0.2) is 0 Å². The van der Waals surface area contributed by atoms with E-state index in [1.54, 1.807) is 6.26 Å². The van der Waals surface area contributed by atoms with E-state index in [9.17, 15) is 0 Å². The fourth-order valence-corrected chi connectivity index (χ4v) is 1.56. The fraction of sp³-hybridized carbons (Fsp3) is 0.455. The Hall–Kier alpha value is -1.06. The third kappa shape index (κ3) is 2.47. The SMILES string of the molecule is C=C(C)CC(NN)c1ccoc1CC. The van der Waals surface area contributed by atoms with Crippen molar-refractivity contribution in [1.82, 2.24) is 5.43 Å². The normalized spacial score (nSPS) is 12.8. The molecular weight excluding hydrogens is 176 g/mol. The fourth-order valence-electron chi connectivity index (χ4n) is 1.56. The minimum absolute atomic E-state index is 0.112. The van der Waals surface area contributed by atoms with Gasteiger partial charge in [-0.1, -0.05) is 12.5 Å². The lowest BCUT2D eigenvalue weighted by Crippen LogP contribution is -2.28. The summed E-state index contributed by atoms with van der Waals surface area (Å²) >= 11 is 0. The van der Waals surface area contributed by atoms with Crippen molar-refractivity contribution in [2.75, 3.05) is 0 Å². The number of aryl methyl sites for hydroxylation is 1. The number of hydrazine groups is 1. The molecule has 1 rings (SSSR count). The van der Waals surface area contributed by atoms with E-state index in [1.807, 2.05) is 13.0 Å². The smallest absolute Gasteiger partial charge is 0.108 e. The van der Waals surface area contributed by atoms with Crippen LogP contribution in [-0.4, -0.2) is 0 Å². The second kappa shape index (κ2) is 4.98. The van der Waals surface area contributed by atoms with Gasteiger partial charge >= 0.3 is 0 Å². The molecule has 3 N–H and O–H groups in total. The molecule has 1 aromatic rings. The van der Waals surface area contributed by atoms with Crippen LogP contribution >= 0.6 is 0 Å².